The third kappa shape index (κ3) is 5.72. The third-order valence-electron chi connectivity index (χ3n) is 4.16. The number of nitrogens with zero attached hydrogens (tertiary/aromatic N) is 1. The van der Waals surface area contributed by atoms with Crippen molar-refractivity contribution < 1.29 is 32.3 Å². The molecule has 0 spiro atoms. The van der Waals surface area contributed by atoms with Crippen molar-refractivity contribution in [3.05, 3.63) is 48.5 Å². The zero-order valence-corrected chi connectivity index (χ0v) is 15.7. The van der Waals surface area contributed by atoms with Crippen LogP contribution in [0.5, 0.6) is 5.75 Å². The van der Waals surface area contributed by atoms with Crippen molar-refractivity contribution in [2.24, 2.45) is 0 Å². The Balaban J connectivity index is 1.55. The van der Waals surface area contributed by atoms with Crippen LogP contribution in [-0.4, -0.2) is 37.0 Å². The van der Waals surface area contributed by atoms with Crippen LogP contribution in [0.2, 0.25) is 0 Å². The summed E-state index contributed by atoms with van der Waals surface area (Å²) in [5, 5.41) is 5.19. The summed E-state index contributed by atoms with van der Waals surface area (Å²) in [5.41, 5.74) is 1.31. The molecule has 0 saturated carbocycles. The first-order chi connectivity index (χ1) is 14.2. The molecule has 2 aromatic carbocycles. The van der Waals surface area contributed by atoms with Crippen LogP contribution in [0.1, 0.15) is 12.8 Å². The van der Waals surface area contributed by atoms with E-state index in [2.05, 4.69) is 15.4 Å². The zero-order chi connectivity index (χ0) is 21.7. The SMILES string of the molecule is O=C(CCC(=O)N1CC(=O)Nc2ccccc21)Nc1cccc(OCC(F)(F)F)c1. The number of ether oxygens (including phenoxy) is 1. The van der Waals surface area contributed by atoms with Gasteiger partial charge in [0.05, 0.1) is 11.4 Å². The maximum absolute atomic E-state index is 12.5. The van der Waals surface area contributed by atoms with Crippen molar-refractivity contribution in [3.63, 3.8) is 0 Å². The molecule has 10 heteroatoms. The number of nitrogens with one attached hydrogen (secondary N) is 2. The van der Waals surface area contributed by atoms with Crippen LogP contribution in [0.15, 0.2) is 48.5 Å². The Morgan fingerprint density at radius 1 is 1.10 bits per heavy atom. The van der Waals surface area contributed by atoms with E-state index in [0.29, 0.717) is 11.4 Å². The molecule has 1 aliphatic rings. The molecule has 1 aliphatic heterocycles. The Bertz CT molecular complexity index is 962. The number of hydrogen-bond donors (Lipinski definition) is 2. The molecule has 3 rings (SSSR count). The summed E-state index contributed by atoms with van der Waals surface area (Å²) >= 11 is 0. The summed E-state index contributed by atoms with van der Waals surface area (Å²) in [6.45, 7) is -1.58. The van der Waals surface area contributed by atoms with Crippen LogP contribution < -0.4 is 20.3 Å². The molecular weight excluding hydrogens is 403 g/mol. The van der Waals surface area contributed by atoms with Crippen molar-refractivity contribution in [2.45, 2.75) is 19.0 Å². The van der Waals surface area contributed by atoms with Crippen LogP contribution in [0.25, 0.3) is 0 Å². The molecule has 1 heterocycles. The molecule has 0 radical (unpaired) electrons. The van der Waals surface area contributed by atoms with Crippen LogP contribution in [0.4, 0.5) is 30.2 Å². The normalized spacial score (nSPS) is 13.3. The lowest BCUT2D eigenvalue weighted by molar-refractivity contribution is -0.153. The molecule has 2 aromatic rings. The summed E-state index contributed by atoms with van der Waals surface area (Å²) in [4.78, 5) is 37.8. The fraction of sp³-hybridized carbons (Fsp3) is 0.250. The Morgan fingerprint density at radius 3 is 2.63 bits per heavy atom. The van der Waals surface area contributed by atoms with Gasteiger partial charge in [-0.25, -0.2) is 0 Å². The molecule has 0 fully saturated rings. The summed E-state index contributed by atoms with van der Waals surface area (Å²) in [7, 11) is 0. The molecule has 2 N–H and O–H groups in total. The number of para-hydroxylation sites is 2. The molecule has 0 atom stereocenters. The van der Waals surface area contributed by atoms with Crippen molar-refractivity contribution in [2.75, 3.05) is 28.7 Å². The van der Waals surface area contributed by atoms with E-state index in [0.717, 1.165) is 0 Å². The van der Waals surface area contributed by atoms with Crippen LogP contribution in [0.3, 0.4) is 0 Å². The van der Waals surface area contributed by atoms with Crippen molar-refractivity contribution >= 4 is 34.8 Å². The Morgan fingerprint density at radius 2 is 1.87 bits per heavy atom. The zero-order valence-electron chi connectivity index (χ0n) is 15.7. The van der Waals surface area contributed by atoms with Gasteiger partial charge in [-0.05, 0) is 24.3 Å². The van der Waals surface area contributed by atoms with Gasteiger partial charge in [0.15, 0.2) is 6.61 Å². The molecule has 30 heavy (non-hydrogen) atoms. The fourth-order valence-electron chi connectivity index (χ4n) is 2.86. The highest BCUT2D eigenvalue weighted by atomic mass is 19.4. The highest BCUT2D eigenvalue weighted by molar-refractivity contribution is 6.10. The highest BCUT2D eigenvalue weighted by Crippen LogP contribution is 2.29. The lowest BCUT2D eigenvalue weighted by Gasteiger charge is -2.29. The second-order valence-electron chi connectivity index (χ2n) is 6.53. The number of carbonyl (C=O) groups excluding carboxylic acids is 3. The van der Waals surface area contributed by atoms with Gasteiger partial charge in [-0.15, -0.1) is 0 Å². The molecule has 3 amide bonds. The van der Waals surface area contributed by atoms with Gasteiger partial charge in [0, 0.05) is 24.6 Å². The van der Waals surface area contributed by atoms with Crippen LogP contribution in [0, 0.1) is 0 Å². The van der Waals surface area contributed by atoms with Gasteiger partial charge in [-0.2, -0.15) is 13.2 Å². The van der Waals surface area contributed by atoms with Gasteiger partial charge in [0.25, 0.3) is 0 Å². The second kappa shape index (κ2) is 8.85. The molecule has 158 valence electrons. The van der Waals surface area contributed by atoms with E-state index in [1.165, 1.54) is 29.2 Å². The number of rotatable bonds is 6. The van der Waals surface area contributed by atoms with Gasteiger partial charge < -0.3 is 20.3 Å². The average molecular weight is 421 g/mol. The van der Waals surface area contributed by atoms with Gasteiger partial charge in [-0.1, -0.05) is 18.2 Å². The van der Waals surface area contributed by atoms with E-state index in [1.54, 1.807) is 24.3 Å². The largest absolute Gasteiger partial charge is 0.484 e. The summed E-state index contributed by atoms with van der Waals surface area (Å²) in [6.07, 6.45) is -4.77. The average Bonchev–Trinajstić information content (AvgIpc) is 2.69. The molecule has 0 aromatic heterocycles. The smallest absolute Gasteiger partial charge is 0.422 e. The molecule has 0 bridgehead atoms. The van der Waals surface area contributed by atoms with E-state index < -0.39 is 24.6 Å². The number of halogens is 3. The third-order valence-corrected chi connectivity index (χ3v) is 4.16. The van der Waals surface area contributed by atoms with Crippen LogP contribution >= 0.6 is 0 Å². The van der Waals surface area contributed by atoms with Gasteiger partial charge in [-0.3, -0.25) is 14.4 Å². The van der Waals surface area contributed by atoms with Crippen molar-refractivity contribution in [3.8, 4) is 5.75 Å². The second-order valence-corrected chi connectivity index (χ2v) is 6.53. The Kier molecular flexibility index (Phi) is 6.24. The lowest BCUT2D eigenvalue weighted by Crippen LogP contribution is -2.42. The maximum atomic E-state index is 12.5. The maximum Gasteiger partial charge on any atom is 0.422 e. The monoisotopic (exact) mass is 421 g/mol. The van der Waals surface area contributed by atoms with Crippen molar-refractivity contribution in [1.82, 2.24) is 0 Å². The summed E-state index contributed by atoms with van der Waals surface area (Å²) in [5.74, 6) is -1.26. The van der Waals surface area contributed by atoms with E-state index in [-0.39, 0.29) is 36.7 Å². The van der Waals surface area contributed by atoms with Gasteiger partial charge in [0.1, 0.15) is 12.3 Å². The molecule has 7 nitrogen and oxygen atoms in total. The first-order valence-electron chi connectivity index (χ1n) is 9.00. The van der Waals surface area contributed by atoms with E-state index in [1.807, 2.05) is 0 Å². The molecule has 0 saturated heterocycles. The molecular formula is C20H18F3N3O4. The number of fused-ring (bicyclic) bond motifs is 1. The number of anilines is 3. The number of alkyl halides is 3. The van der Waals surface area contributed by atoms with Crippen LogP contribution in [-0.2, 0) is 14.4 Å². The van der Waals surface area contributed by atoms with E-state index in [9.17, 15) is 27.6 Å². The fourth-order valence-corrected chi connectivity index (χ4v) is 2.86. The minimum atomic E-state index is -4.47. The van der Waals surface area contributed by atoms with Gasteiger partial charge >= 0.3 is 6.18 Å². The van der Waals surface area contributed by atoms with Gasteiger partial charge in [0.2, 0.25) is 17.7 Å². The summed E-state index contributed by atoms with van der Waals surface area (Å²) < 4.78 is 41.4. The first-order valence-corrected chi connectivity index (χ1v) is 9.00. The van der Waals surface area contributed by atoms with Crippen molar-refractivity contribution in [1.29, 1.82) is 0 Å². The number of amides is 3. The predicted octanol–water partition coefficient (Wildman–Crippen LogP) is 3.33. The number of benzene rings is 2. The molecule has 0 aliphatic carbocycles. The van der Waals surface area contributed by atoms with E-state index >= 15 is 0 Å². The number of hydrogen-bond acceptors (Lipinski definition) is 4. The lowest BCUT2D eigenvalue weighted by atomic mass is 10.1. The van der Waals surface area contributed by atoms with E-state index in [4.69, 9.17) is 0 Å². The predicted molar refractivity (Wildman–Crippen MR) is 103 cm³/mol. The standard InChI is InChI=1S/C20H18F3N3O4/c21-20(22,23)12-30-14-5-3-4-13(10-14)24-17(27)8-9-19(29)26-11-18(28)25-15-6-1-2-7-16(15)26/h1-7,10H,8-9,11-12H2,(H,24,27)(H,25,28). The minimum Gasteiger partial charge on any atom is -0.484 e. The topological polar surface area (TPSA) is 87.7 Å². The number of carbonyl (C=O) groups is 3. The first kappa shape index (κ1) is 21.2. The highest BCUT2D eigenvalue weighted by Gasteiger charge is 2.28. The Labute approximate surface area is 169 Å². The Hall–Kier alpha value is -3.56. The molecule has 0 unspecified atom stereocenters. The summed E-state index contributed by atoms with van der Waals surface area (Å²) in [6, 6.07) is 12.4. The quantitative estimate of drug-likeness (QED) is 0.749. The minimum absolute atomic E-state index is 0.0443.